The lowest BCUT2D eigenvalue weighted by atomic mass is 9.89. The van der Waals surface area contributed by atoms with Gasteiger partial charge in [0, 0.05) is 0 Å². The van der Waals surface area contributed by atoms with E-state index in [4.69, 9.17) is 0 Å². The van der Waals surface area contributed by atoms with Gasteiger partial charge in [0.1, 0.15) is 5.82 Å². The van der Waals surface area contributed by atoms with Gasteiger partial charge >= 0.3 is 0 Å². The lowest BCUT2D eigenvalue weighted by molar-refractivity contribution is 0.220. The van der Waals surface area contributed by atoms with Crippen molar-refractivity contribution < 1.29 is 4.39 Å². The fraction of sp³-hybridized carbons (Fsp3) is 0.600. The van der Waals surface area contributed by atoms with Crippen molar-refractivity contribution in [2.24, 2.45) is 0 Å². The summed E-state index contributed by atoms with van der Waals surface area (Å²) in [6, 6.07) is 7.20. The van der Waals surface area contributed by atoms with E-state index in [1.807, 2.05) is 26.0 Å². The molecule has 0 aliphatic carbocycles. The number of halogens is 1. The zero-order chi connectivity index (χ0) is 12.7. The third-order valence-corrected chi connectivity index (χ3v) is 3.38. The first-order valence-corrected chi connectivity index (χ1v) is 6.78. The highest BCUT2D eigenvalue weighted by Gasteiger charge is 2.21. The van der Waals surface area contributed by atoms with E-state index in [1.54, 1.807) is 12.1 Å². The van der Waals surface area contributed by atoms with Crippen molar-refractivity contribution in [1.29, 1.82) is 0 Å². The highest BCUT2D eigenvalue weighted by Crippen LogP contribution is 2.29. The molecule has 0 atom stereocenters. The Morgan fingerprint density at radius 3 is 2.29 bits per heavy atom. The molecule has 1 heterocycles. The fourth-order valence-corrected chi connectivity index (χ4v) is 2.37. The van der Waals surface area contributed by atoms with Crippen LogP contribution in [0.3, 0.4) is 0 Å². The van der Waals surface area contributed by atoms with Crippen LogP contribution in [0.15, 0.2) is 24.3 Å². The van der Waals surface area contributed by atoms with Gasteiger partial charge in [0.15, 0.2) is 0 Å². The number of benzene rings is 1. The molecule has 1 aliphatic heterocycles. The lowest BCUT2D eigenvalue weighted by Crippen LogP contribution is -2.32. The third kappa shape index (κ3) is 3.81. The van der Waals surface area contributed by atoms with Crippen LogP contribution in [-0.4, -0.2) is 24.5 Å². The molecule has 0 spiro atoms. The van der Waals surface area contributed by atoms with Gasteiger partial charge in [-0.05, 0) is 50.0 Å². The number of hydrogen-bond acceptors (Lipinski definition) is 1. The van der Waals surface area contributed by atoms with Crippen LogP contribution in [0.25, 0.3) is 0 Å². The van der Waals surface area contributed by atoms with Crippen molar-refractivity contribution in [1.82, 2.24) is 4.90 Å². The van der Waals surface area contributed by atoms with Crippen LogP contribution in [0.4, 0.5) is 4.39 Å². The Hall–Kier alpha value is -0.890. The Labute approximate surface area is 105 Å². The normalized spacial score (nSPS) is 17.4. The van der Waals surface area contributed by atoms with Crippen LogP contribution in [0, 0.1) is 5.82 Å². The van der Waals surface area contributed by atoms with Crippen LogP contribution in [-0.2, 0) is 0 Å². The Balaban J connectivity index is 0.000000686. The number of hydrogen-bond donors (Lipinski definition) is 0. The lowest BCUT2D eigenvalue weighted by Gasteiger charge is -2.31. The van der Waals surface area contributed by atoms with Gasteiger partial charge in [-0.2, -0.15) is 0 Å². The van der Waals surface area contributed by atoms with Gasteiger partial charge in [0.05, 0.1) is 0 Å². The quantitative estimate of drug-likeness (QED) is 0.750. The van der Waals surface area contributed by atoms with Crippen LogP contribution in [0.5, 0.6) is 0 Å². The summed E-state index contributed by atoms with van der Waals surface area (Å²) in [4.78, 5) is 2.43. The van der Waals surface area contributed by atoms with Crippen LogP contribution in [0.1, 0.15) is 45.1 Å². The molecule has 0 aromatic heterocycles. The van der Waals surface area contributed by atoms with Gasteiger partial charge in [-0.1, -0.05) is 39.0 Å². The van der Waals surface area contributed by atoms with Crippen LogP contribution >= 0.6 is 0 Å². The summed E-state index contributed by atoms with van der Waals surface area (Å²) in [6.07, 6.45) is 2.18. The molecule has 2 rings (SSSR count). The van der Waals surface area contributed by atoms with E-state index < -0.39 is 0 Å². The van der Waals surface area contributed by atoms with E-state index >= 15 is 0 Å². The van der Waals surface area contributed by atoms with E-state index in [0.717, 1.165) is 38.0 Å². The number of likely N-dealkylation sites (tertiary alicyclic amines) is 1. The van der Waals surface area contributed by atoms with Crippen LogP contribution < -0.4 is 0 Å². The van der Waals surface area contributed by atoms with E-state index in [1.165, 1.54) is 0 Å². The minimum Gasteiger partial charge on any atom is -0.304 e. The average molecular weight is 237 g/mol. The molecule has 1 aromatic carbocycles. The fourth-order valence-electron chi connectivity index (χ4n) is 2.37. The maximum atomic E-state index is 13.5. The Bertz CT molecular complexity index is 316. The van der Waals surface area contributed by atoms with Crippen molar-refractivity contribution >= 4 is 0 Å². The molecule has 0 N–H and O–H groups in total. The third-order valence-electron chi connectivity index (χ3n) is 3.38. The van der Waals surface area contributed by atoms with Gasteiger partial charge in [0.2, 0.25) is 0 Å². The number of piperidine rings is 1. The van der Waals surface area contributed by atoms with E-state index in [0.29, 0.717) is 5.92 Å². The molecule has 1 saturated heterocycles. The predicted molar refractivity (Wildman–Crippen MR) is 71.8 cm³/mol. The Morgan fingerprint density at radius 2 is 1.76 bits per heavy atom. The number of nitrogens with zero attached hydrogens (tertiary/aromatic N) is 1. The van der Waals surface area contributed by atoms with E-state index in [-0.39, 0.29) is 5.82 Å². The van der Waals surface area contributed by atoms with Crippen molar-refractivity contribution in [3.8, 4) is 0 Å². The molecule has 17 heavy (non-hydrogen) atoms. The number of rotatable bonds is 2. The molecule has 1 aromatic rings. The second kappa shape index (κ2) is 7.44. The molecule has 1 aliphatic rings. The molecule has 0 radical (unpaired) electrons. The molecule has 1 fully saturated rings. The van der Waals surface area contributed by atoms with Crippen molar-refractivity contribution in [2.45, 2.75) is 39.5 Å². The topological polar surface area (TPSA) is 3.24 Å². The molecule has 0 amide bonds. The first kappa shape index (κ1) is 14.2. The van der Waals surface area contributed by atoms with Gasteiger partial charge in [0.25, 0.3) is 0 Å². The molecule has 96 valence electrons. The maximum Gasteiger partial charge on any atom is 0.126 e. The summed E-state index contributed by atoms with van der Waals surface area (Å²) in [5.74, 6) is 0.390. The first-order chi connectivity index (χ1) is 8.31. The molecular formula is C15H24FN. The van der Waals surface area contributed by atoms with Gasteiger partial charge in [-0.25, -0.2) is 4.39 Å². The van der Waals surface area contributed by atoms with Gasteiger partial charge in [-0.3, -0.25) is 0 Å². The summed E-state index contributed by atoms with van der Waals surface area (Å²) < 4.78 is 13.5. The highest BCUT2D eigenvalue weighted by atomic mass is 19.1. The van der Waals surface area contributed by atoms with E-state index in [9.17, 15) is 4.39 Å². The Kier molecular flexibility index (Phi) is 6.20. The maximum absolute atomic E-state index is 13.5. The molecule has 0 saturated carbocycles. The first-order valence-electron chi connectivity index (χ1n) is 6.78. The van der Waals surface area contributed by atoms with Gasteiger partial charge < -0.3 is 4.90 Å². The predicted octanol–water partition coefficient (Wildman–Crippen LogP) is 4.05. The molecule has 1 nitrogen and oxygen atoms in total. The molecule has 0 unspecified atom stereocenters. The molecular weight excluding hydrogens is 213 g/mol. The zero-order valence-electron chi connectivity index (χ0n) is 11.2. The second-order valence-electron chi connectivity index (χ2n) is 4.23. The highest BCUT2D eigenvalue weighted by molar-refractivity contribution is 5.22. The van der Waals surface area contributed by atoms with Crippen molar-refractivity contribution in [3.63, 3.8) is 0 Å². The summed E-state index contributed by atoms with van der Waals surface area (Å²) >= 11 is 0. The summed E-state index contributed by atoms with van der Waals surface area (Å²) in [7, 11) is 0. The average Bonchev–Trinajstić information content (AvgIpc) is 2.42. The van der Waals surface area contributed by atoms with Crippen molar-refractivity contribution in [2.75, 3.05) is 19.6 Å². The second-order valence-corrected chi connectivity index (χ2v) is 4.23. The summed E-state index contributed by atoms with van der Waals surface area (Å²) in [6.45, 7) is 9.51. The molecule has 2 heteroatoms. The van der Waals surface area contributed by atoms with Gasteiger partial charge in [-0.15, -0.1) is 0 Å². The smallest absolute Gasteiger partial charge is 0.126 e. The standard InChI is InChI=1S/C13H18FN.C2H6/c1-2-15-9-7-11(8-10-15)12-5-3-4-6-13(12)14;1-2/h3-6,11H,2,7-10H2,1H3;1-2H3. The summed E-state index contributed by atoms with van der Waals surface area (Å²) in [5, 5.41) is 0. The SMILES string of the molecule is CC.CCN1CCC(c2ccccc2F)CC1. The minimum absolute atomic E-state index is 0.0348. The monoisotopic (exact) mass is 237 g/mol. The minimum atomic E-state index is -0.0348. The Morgan fingerprint density at radius 1 is 1.18 bits per heavy atom. The molecule has 0 bridgehead atoms. The van der Waals surface area contributed by atoms with Crippen molar-refractivity contribution in [3.05, 3.63) is 35.6 Å². The summed E-state index contributed by atoms with van der Waals surface area (Å²) in [5.41, 5.74) is 0.910. The largest absolute Gasteiger partial charge is 0.304 e. The van der Waals surface area contributed by atoms with E-state index in [2.05, 4.69) is 11.8 Å². The zero-order valence-corrected chi connectivity index (χ0v) is 11.2. The van der Waals surface area contributed by atoms with Crippen LogP contribution in [0.2, 0.25) is 0 Å².